The second-order valence-electron chi connectivity index (χ2n) is 15.2. The molecule has 0 spiro atoms. The highest BCUT2D eigenvalue weighted by Gasteiger charge is 2.48. The van der Waals surface area contributed by atoms with Crippen molar-refractivity contribution in [2.24, 2.45) is 0 Å². The largest absolute Gasteiger partial charge is 0.312 e. The molecule has 0 N–H and O–H groups in total. The highest BCUT2D eigenvalue weighted by Crippen LogP contribution is 2.48. The van der Waals surface area contributed by atoms with Gasteiger partial charge in [0.25, 0.3) is 6.71 Å². The molecule has 0 saturated heterocycles. The molecule has 3 aliphatic heterocycles. The van der Waals surface area contributed by atoms with E-state index in [4.69, 9.17) is 4.11 Å². The first-order chi connectivity index (χ1) is 24.8. The van der Waals surface area contributed by atoms with Crippen LogP contribution < -0.4 is 36.6 Å². The Morgan fingerprint density at radius 2 is 1.39 bits per heavy atom. The van der Waals surface area contributed by atoms with Crippen LogP contribution >= 0.6 is 0 Å². The van der Waals surface area contributed by atoms with E-state index in [1.54, 1.807) is 0 Å². The van der Waals surface area contributed by atoms with Crippen molar-refractivity contribution in [3.63, 3.8) is 0 Å². The SMILES string of the molecule is [2H]C([2H])([2H])c1cc2c3c(c1)N1c4ccccc4[Si](C)(C)c4cccc(c41)B3c1cc(C#N)ccc1N2c1ccc(C(C)(C)C)cc1-c1ccccc1. The van der Waals surface area contributed by atoms with Gasteiger partial charge in [-0.3, -0.25) is 0 Å². The van der Waals surface area contributed by atoms with Crippen molar-refractivity contribution < 1.29 is 4.11 Å². The zero-order chi connectivity index (χ0) is 36.3. The number of rotatable bonds is 2. The molecule has 0 atom stereocenters. The van der Waals surface area contributed by atoms with E-state index in [-0.39, 0.29) is 12.1 Å². The van der Waals surface area contributed by atoms with E-state index in [0.717, 1.165) is 56.2 Å². The summed E-state index contributed by atoms with van der Waals surface area (Å²) in [5.74, 6) is 0. The molecule has 6 aromatic rings. The maximum absolute atomic E-state index is 10.2. The van der Waals surface area contributed by atoms with E-state index in [2.05, 4.69) is 147 Å². The lowest BCUT2D eigenvalue weighted by atomic mass is 9.33. The smallest absolute Gasteiger partial charge is 0.252 e. The minimum atomic E-state index is -2.35. The number of nitriles is 1. The lowest BCUT2D eigenvalue weighted by Gasteiger charge is -2.49. The number of hydrogen-bond acceptors (Lipinski definition) is 3. The first-order valence-electron chi connectivity index (χ1n) is 18.5. The molecule has 0 fully saturated rings. The molecule has 0 amide bonds. The van der Waals surface area contributed by atoms with Crippen LogP contribution in [0.5, 0.6) is 0 Å². The number of benzene rings is 6. The fourth-order valence-electron chi connectivity index (χ4n) is 8.52. The summed E-state index contributed by atoms with van der Waals surface area (Å²) in [5, 5.41) is 12.9. The monoisotopic (exact) mass is 650 g/mol. The van der Waals surface area contributed by atoms with E-state index in [1.165, 1.54) is 21.4 Å². The minimum Gasteiger partial charge on any atom is -0.312 e. The molecular weight excluding hydrogens is 609 g/mol. The Bertz CT molecular complexity index is 2510. The van der Waals surface area contributed by atoms with Gasteiger partial charge in [-0.15, -0.1) is 0 Å². The van der Waals surface area contributed by atoms with Crippen LogP contribution in [0.15, 0.2) is 121 Å². The third-order valence-corrected chi connectivity index (χ3v) is 14.4. The van der Waals surface area contributed by atoms with Crippen molar-refractivity contribution in [3.8, 4) is 17.2 Å². The van der Waals surface area contributed by atoms with Crippen LogP contribution in [0, 0.1) is 18.2 Å². The molecule has 6 aromatic carbocycles. The number of fused-ring (bicyclic) bond motifs is 6. The molecular formula is C44H38BN3Si. The molecule has 3 aliphatic rings. The average molecular weight is 651 g/mol. The fraction of sp³-hybridized carbons (Fsp3) is 0.159. The molecule has 0 bridgehead atoms. The zero-order valence-electron chi connectivity index (χ0n) is 31.5. The maximum atomic E-state index is 10.2. The Morgan fingerprint density at radius 3 is 2.14 bits per heavy atom. The molecule has 236 valence electrons. The van der Waals surface area contributed by atoms with Crippen molar-refractivity contribution in [3.05, 3.63) is 138 Å². The van der Waals surface area contributed by atoms with Gasteiger partial charge in [-0.1, -0.05) is 107 Å². The molecule has 3 heterocycles. The molecule has 0 radical (unpaired) electrons. The van der Waals surface area contributed by atoms with E-state index in [9.17, 15) is 5.26 Å². The maximum Gasteiger partial charge on any atom is 0.252 e. The number of nitrogens with zero attached hydrogens (tertiary/aromatic N) is 3. The second-order valence-corrected chi connectivity index (χ2v) is 19.5. The number of aryl methyl sites for hydroxylation is 1. The van der Waals surface area contributed by atoms with Gasteiger partial charge in [-0.25, -0.2) is 0 Å². The van der Waals surface area contributed by atoms with E-state index < -0.39 is 14.9 Å². The summed E-state index contributed by atoms with van der Waals surface area (Å²) in [5.41, 5.74) is 13.4. The van der Waals surface area contributed by atoms with E-state index >= 15 is 0 Å². The number of anilines is 6. The molecule has 0 unspecified atom stereocenters. The van der Waals surface area contributed by atoms with Gasteiger partial charge in [0, 0.05) is 38.1 Å². The second kappa shape index (κ2) is 10.3. The molecule has 3 nitrogen and oxygen atoms in total. The van der Waals surface area contributed by atoms with Crippen LogP contribution in [0.1, 0.15) is 41.6 Å². The Kier molecular flexibility index (Phi) is 5.62. The minimum absolute atomic E-state index is 0.0881. The molecule has 0 aliphatic carbocycles. The predicted molar refractivity (Wildman–Crippen MR) is 211 cm³/mol. The molecule has 0 saturated carbocycles. The van der Waals surface area contributed by atoms with Crippen molar-refractivity contribution in [1.29, 1.82) is 5.26 Å². The molecule has 9 rings (SSSR count). The average Bonchev–Trinajstić information content (AvgIpc) is 3.13. The summed E-state index contributed by atoms with van der Waals surface area (Å²) in [6.07, 6.45) is 0. The predicted octanol–water partition coefficient (Wildman–Crippen LogP) is 8.05. The van der Waals surface area contributed by atoms with Gasteiger partial charge >= 0.3 is 0 Å². The summed E-state index contributed by atoms with van der Waals surface area (Å²) in [6.45, 7) is 8.95. The van der Waals surface area contributed by atoms with Crippen LogP contribution in [0.3, 0.4) is 0 Å². The van der Waals surface area contributed by atoms with Crippen molar-refractivity contribution >= 4 is 75.7 Å². The lowest BCUT2D eigenvalue weighted by molar-refractivity contribution is 0.590. The number of hydrogen-bond donors (Lipinski definition) is 0. The highest BCUT2D eigenvalue weighted by atomic mass is 28.3. The standard InChI is InChI=1S/C44H38BN3Si/c1-28-23-38-42-39(24-28)48-37-16-10-11-17-40(37)49(5,6)41-18-12-15-33(43(41)48)45(42)34-25-29(27-46)19-21-36(34)47(38)35-22-20-31(44(2,3)4)26-32(35)30-13-8-7-9-14-30/h7-26H,1-6H3/i1D3. The quantitative estimate of drug-likeness (QED) is 0.178. The van der Waals surface area contributed by atoms with Gasteiger partial charge < -0.3 is 9.80 Å². The molecule has 5 heteroatoms. The van der Waals surface area contributed by atoms with Gasteiger partial charge in [0.15, 0.2) is 0 Å². The normalized spacial score (nSPS) is 15.9. The first kappa shape index (κ1) is 26.6. The summed E-state index contributed by atoms with van der Waals surface area (Å²) < 4.78 is 26.3. The lowest BCUT2D eigenvalue weighted by Crippen LogP contribution is -2.67. The van der Waals surface area contributed by atoms with Crippen LogP contribution in [0.2, 0.25) is 13.1 Å². The van der Waals surface area contributed by atoms with E-state index in [0.29, 0.717) is 11.1 Å². The van der Waals surface area contributed by atoms with Gasteiger partial charge in [-0.05, 0) is 104 Å². The van der Waals surface area contributed by atoms with Crippen molar-refractivity contribution in [2.75, 3.05) is 9.80 Å². The number of para-hydroxylation sites is 2. The summed E-state index contributed by atoms with van der Waals surface area (Å²) >= 11 is 0. The summed E-state index contributed by atoms with van der Waals surface area (Å²) in [7, 11) is -2.15. The topological polar surface area (TPSA) is 30.3 Å². The third-order valence-electron chi connectivity index (χ3n) is 10.9. The Morgan fingerprint density at radius 1 is 0.673 bits per heavy atom. The van der Waals surface area contributed by atoms with Crippen LogP contribution in [-0.4, -0.2) is 14.8 Å². The highest BCUT2D eigenvalue weighted by molar-refractivity contribution is 7.05. The summed E-state index contributed by atoms with van der Waals surface area (Å²) in [6, 6.07) is 44.7. The first-order valence-corrected chi connectivity index (χ1v) is 20.0. The molecule has 0 aromatic heterocycles. The van der Waals surface area contributed by atoms with Crippen LogP contribution in [0.4, 0.5) is 34.1 Å². The third kappa shape index (κ3) is 4.20. The Balaban J connectivity index is 1.44. The van der Waals surface area contributed by atoms with Gasteiger partial charge in [-0.2, -0.15) is 5.26 Å². The van der Waals surface area contributed by atoms with Crippen molar-refractivity contribution in [1.82, 2.24) is 0 Å². The Labute approximate surface area is 295 Å². The zero-order valence-corrected chi connectivity index (χ0v) is 29.5. The molecule has 49 heavy (non-hydrogen) atoms. The van der Waals surface area contributed by atoms with Gasteiger partial charge in [0.05, 0.1) is 17.3 Å². The summed E-state index contributed by atoms with van der Waals surface area (Å²) in [4.78, 5) is 4.61. The van der Waals surface area contributed by atoms with E-state index in [1.807, 2.05) is 24.3 Å². The van der Waals surface area contributed by atoms with Crippen LogP contribution in [0.25, 0.3) is 11.1 Å². The van der Waals surface area contributed by atoms with Crippen LogP contribution in [-0.2, 0) is 5.41 Å². The Hall–Kier alpha value is -5.31. The van der Waals surface area contributed by atoms with Gasteiger partial charge in [0.2, 0.25) is 0 Å². The van der Waals surface area contributed by atoms with Crippen molar-refractivity contribution in [2.45, 2.75) is 46.1 Å². The van der Waals surface area contributed by atoms with Gasteiger partial charge in [0.1, 0.15) is 8.07 Å². The fourth-order valence-corrected chi connectivity index (χ4v) is 11.5.